The third-order valence-corrected chi connectivity index (χ3v) is 5.75. The third-order valence-electron chi connectivity index (χ3n) is 5.75. The van der Waals surface area contributed by atoms with Crippen LogP contribution in [0, 0.1) is 5.41 Å². The number of aromatic nitrogens is 2. The van der Waals surface area contributed by atoms with Gasteiger partial charge in [-0.05, 0) is 44.0 Å². The summed E-state index contributed by atoms with van der Waals surface area (Å²) in [6.45, 7) is 11.1. The van der Waals surface area contributed by atoms with E-state index in [1.165, 1.54) is 5.56 Å². The van der Waals surface area contributed by atoms with Crippen LogP contribution in [-0.4, -0.2) is 46.3 Å². The maximum atomic E-state index is 4.47. The van der Waals surface area contributed by atoms with Crippen molar-refractivity contribution in [3.05, 3.63) is 48.3 Å². The summed E-state index contributed by atoms with van der Waals surface area (Å²) < 4.78 is 1.87. The number of guanidine groups is 1. The summed E-state index contributed by atoms with van der Waals surface area (Å²) in [5, 5.41) is 7.77. The summed E-state index contributed by atoms with van der Waals surface area (Å²) >= 11 is 0. The van der Waals surface area contributed by atoms with E-state index in [9.17, 15) is 0 Å². The van der Waals surface area contributed by atoms with E-state index in [0.717, 1.165) is 31.2 Å². The van der Waals surface area contributed by atoms with E-state index in [4.69, 9.17) is 0 Å². The Hall–Kier alpha value is -1.57. The molecule has 1 fully saturated rings. The Balaban J connectivity index is 0.00000243. The van der Waals surface area contributed by atoms with E-state index in [1.54, 1.807) is 6.20 Å². The number of hydrogen-bond donors (Lipinski definition) is 1. The highest BCUT2D eigenvalue weighted by atomic mass is 127. The standard InChI is InChI=1S/C20H29N5.HI/c1-19(2)15-24(20(19,3)4)18(21-5)22-13-11-16-7-9-17(10-8-16)25-14-6-12-23-25;/h6-10,12,14H,11,13,15H2,1-5H3,(H,21,22);1H. The van der Waals surface area contributed by atoms with Crippen molar-refractivity contribution in [3.63, 3.8) is 0 Å². The summed E-state index contributed by atoms with van der Waals surface area (Å²) in [6.07, 6.45) is 4.72. The molecule has 142 valence electrons. The van der Waals surface area contributed by atoms with Crippen LogP contribution in [0.4, 0.5) is 0 Å². The van der Waals surface area contributed by atoms with Gasteiger partial charge >= 0.3 is 0 Å². The molecule has 5 nitrogen and oxygen atoms in total. The molecule has 2 aromatic rings. The van der Waals surface area contributed by atoms with Gasteiger partial charge in [-0.25, -0.2) is 4.68 Å². The number of aliphatic imine (C=N–C) groups is 1. The first-order chi connectivity index (χ1) is 11.8. The number of halogens is 1. The first kappa shape index (κ1) is 20.7. The van der Waals surface area contributed by atoms with Gasteiger partial charge < -0.3 is 10.2 Å². The largest absolute Gasteiger partial charge is 0.356 e. The van der Waals surface area contributed by atoms with E-state index < -0.39 is 0 Å². The lowest BCUT2D eigenvalue weighted by Crippen LogP contribution is -2.72. The topological polar surface area (TPSA) is 45.5 Å². The van der Waals surface area contributed by atoms with Crippen molar-refractivity contribution < 1.29 is 0 Å². The molecule has 0 saturated carbocycles. The van der Waals surface area contributed by atoms with Crippen molar-refractivity contribution in [2.45, 2.75) is 39.7 Å². The first-order valence-electron chi connectivity index (χ1n) is 8.92. The molecule has 0 atom stereocenters. The fourth-order valence-corrected chi connectivity index (χ4v) is 3.25. The van der Waals surface area contributed by atoms with Crippen LogP contribution in [0.25, 0.3) is 5.69 Å². The van der Waals surface area contributed by atoms with Gasteiger partial charge in [-0.15, -0.1) is 24.0 Å². The summed E-state index contributed by atoms with van der Waals surface area (Å²) in [4.78, 5) is 6.84. The summed E-state index contributed by atoms with van der Waals surface area (Å²) in [7, 11) is 1.86. The fraction of sp³-hybridized carbons (Fsp3) is 0.500. The van der Waals surface area contributed by atoms with Gasteiger partial charge in [0.1, 0.15) is 0 Å². The van der Waals surface area contributed by atoms with E-state index in [0.29, 0.717) is 5.41 Å². The highest BCUT2D eigenvalue weighted by Crippen LogP contribution is 2.46. The van der Waals surface area contributed by atoms with Crippen molar-refractivity contribution in [3.8, 4) is 5.69 Å². The first-order valence-corrected chi connectivity index (χ1v) is 8.92. The van der Waals surface area contributed by atoms with Gasteiger partial charge in [-0.3, -0.25) is 4.99 Å². The summed E-state index contributed by atoms with van der Waals surface area (Å²) in [6, 6.07) is 10.5. The molecule has 0 unspecified atom stereocenters. The van der Waals surface area contributed by atoms with Crippen LogP contribution in [0.5, 0.6) is 0 Å². The molecule has 0 aliphatic carbocycles. The molecule has 0 amide bonds. The molecule has 26 heavy (non-hydrogen) atoms. The second-order valence-corrected chi connectivity index (χ2v) is 7.87. The maximum absolute atomic E-state index is 4.47. The number of benzene rings is 1. The van der Waals surface area contributed by atoms with Crippen LogP contribution in [0.1, 0.15) is 33.3 Å². The highest BCUT2D eigenvalue weighted by molar-refractivity contribution is 14.0. The third kappa shape index (κ3) is 3.89. The minimum Gasteiger partial charge on any atom is -0.356 e. The van der Waals surface area contributed by atoms with Gasteiger partial charge in [0.2, 0.25) is 0 Å². The average Bonchev–Trinajstić information content (AvgIpc) is 3.12. The van der Waals surface area contributed by atoms with Gasteiger partial charge in [-0.2, -0.15) is 5.10 Å². The zero-order chi connectivity index (χ0) is 18.1. The Morgan fingerprint density at radius 3 is 2.38 bits per heavy atom. The number of nitrogens with one attached hydrogen (secondary N) is 1. The molecule has 0 spiro atoms. The average molecular weight is 467 g/mol. The van der Waals surface area contributed by atoms with Crippen LogP contribution in [0.3, 0.4) is 0 Å². The zero-order valence-electron chi connectivity index (χ0n) is 16.4. The van der Waals surface area contributed by atoms with Crippen LogP contribution in [-0.2, 0) is 6.42 Å². The van der Waals surface area contributed by atoms with Crippen LogP contribution >= 0.6 is 24.0 Å². The molecule has 0 bridgehead atoms. The van der Waals surface area contributed by atoms with Crippen LogP contribution < -0.4 is 5.32 Å². The summed E-state index contributed by atoms with van der Waals surface area (Å²) in [5.41, 5.74) is 2.83. The smallest absolute Gasteiger partial charge is 0.194 e. The van der Waals surface area contributed by atoms with Crippen molar-refractivity contribution in [2.75, 3.05) is 20.1 Å². The molecule has 1 aliphatic rings. The van der Waals surface area contributed by atoms with Gasteiger partial charge in [0.15, 0.2) is 5.96 Å². The van der Waals surface area contributed by atoms with E-state index in [2.05, 4.69) is 72.3 Å². The number of hydrogen-bond acceptors (Lipinski definition) is 2. The Bertz CT molecular complexity index is 732. The van der Waals surface area contributed by atoms with E-state index >= 15 is 0 Å². The quantitative estimate of drug-likeness (QED) is 0.424. The molecule has 1 saturated heterocycles. The van der Waals surface area contributed by atoms with Crippen molar-refractivity contribution in [1.29, 1.82) is 0 Å². The molecule has 1 aromatic carbocycles. The lowest BCUT2D eigenvalue weighted by atomic mass is 9.65. The van der Waals surface area contributed by atoms with Gasteiger partial charge in [0.25, 0.3) is 0 Å². The minimum absolute atomic E-state index is 0. The fourth-order valence-electron chi connectivity index (χ4n) is 3.25. The Labute approximate surface area is 173 Å². The van der Waals surface area contributed by atoms with Crippen molar-refractivity contribution >= 4 is 29.9 Å². The van der Waals surface area contributed by atoms with Crippen molar-refractivity contribution in [2.24, 2.45) is 10.4 Å². The maximum Gasteiger partial charge on any atom is 0.194 e. The molecule has 6 heteroatoms. The lowest BCUT2D eigenvalue weighted by Gasteiger charge is -2.62. The van der Waals surface area contributed by atoms with Gasteiger partial charge in [-0.1, -0.05) is 26.0 Å². The zero-order valence-corrected chi connectivity index (χ0v) is 18.7. The van der Waals surface area contributed by atoms with Crippen LogP contribution in [0.2, 0.25) is 0 Å². The molecular formula is C20H30IN5. The van der Waals surface area contributed by atoms with Crippen molar-refractivity contribution in [1.82, 2.24) is 20.0 Å². The number of nitrogens with zero attached hydrogens (tertiary/aromatic N) is 4. The van der Waals surface area contributed by atoms with Gasteiger partial charge in [0, 0.05) is 43.5 Å². The second-order valence-electron chi connectivity index (χ2n) is 7.87. The molecule has 1 aliphatic heterocycles. The Morgan fingerprint density at radius 1 is 1.19 bits per heavy atom. The Morgan fingerprint density at radius 2 is 1.88 bits per heavy atom. The van der Waals surface area contributed by atoms with Crippen LogP contribution in [0.15, 0.2) is 47.7 Å². The van der Waals surface area contributed by atoms with Gasteiger partial charge in [0.05, 0.1) is 5.69 Å². The molecule has 2 heterocycles. The predicted octanol–water partition coefficient (Wildman–Crippen LogP) is 3.73. The number of rotatable bonds is 4. The predicted molar refractivity (Wildman–Crippen MR) is 119 cm³/mol. The minimum atomic E-state index is 0. The molecule has 3 rings (SSSR count). The lowest BCUT2D eigenvalue weighted by molar-refractivity contribution is -0.0666. The van der Waals surface area contributed by atoms with E-state index in [-0.39, 0.29) is 29.5 Å². The molecule has 0 radical (unpaired) electrons. The highest BCUT2D eigenvalue weighted by Gasteiger charge is 2.53. The molecule has 1 aromatic heterocycles. The molecule has 1 N–H and O–H groups in total. The summed E-state index contributed by atoms with van der Waals surface area (Å²) in [5.74, 6) is 0.998. The molecular weight excluding hydrogens is 437 g/mol. The second kappa shape index (κ2) is 7.98. The Kier molecular flexibility index (Phi) is 6.37. The number of likely N-dealkylation sites (tertiary alicyclic amines) is 1. The van der Waals surface area contributed by atoms with E-state index in [1.807, 2.05) is 24.0 Å². The normalized spacial score (nSPS) is 18.0. The monoisotopic (exact) mass is 467 g/mol. The SMILES string of the molecule is CN=C(NCCc1ccc(-n2cccn2)cc1)N1CC(C)(C)C1(C)C.I.